The third-order valence-electron chi connectivity index (χ3n) is 1.92. The van der Waals surface area contributed by atoms with Crippen molar-refractivity contribution in [3.05, 3.63) is 30.4 Å². The highest BCUT2D eigenvalue weighted by Gasteiger charge is 2.03. The van der Waals surface area contributed by atoms with Crippen molar-refractivity contribution in [2.45, 2.75) is 6.92 Å². The van der Waals surface area contributed by atoms with Crippen LogP contribution in [0.1, 0.15) is 5.82 Å². The van der Waals surface area contributed by atoms with Gasteiger partial charge in [-0.15, -0.1) is 0 Å². The predicted octanol–water partition coefficient (Wildman–Crippen LogP) is 1.28. The molecule has 2 aromatic heterocycles. The number of rotatable bonds is 2. The summed E-state index contributed by atoms with van der Waals surface area (Å²) in [7, 11) is 1.82. The van der Waals surface area contributed by atoms with E-state index in [1.807, 2.05) is 14.0 Å². The molecule has 0 bridgehead atoms. The minimum Gasteiger partial charge on any atom is -0.373 e. The third-order valence-corrected chi connectivity index (χ3v) is 1.92. The Labute approximate surface area is 87.6 Å². The standard InChI is InChI=1S/C10H11N5/c1-7-12-5-3-8(14-7)10-13-6-4-9(11-2)15-10/h3-6H,1-2H3,(H,11,13,15). The molecule has 0 aromatic carbocycles. The topological polar surface area (TPSA) is 63.6 Å². The van der Waals surface area contributed by atoms with Gasteiger partial charge in [0.2, 0.25) is 0 Å². The fourth-order valence-corrected chi connectivity index (χ4v) is 1.20. The van der Waals surface area contributed by atoms with Crippen LogP contribution in [0.5, 0.6) is 0 Å². The van der Waals surface area contributed by atoms with E-state index >= 15 is 0 Å². The SMILES string of the molecule is CNc1ccnc(-c2ccnc(C)n2)n1. The van der Waals surface area contributed by atoms with E-state index in [4.69, 9.17) is 0 Å². The van der Waals surface area contributed by atoms with E-state index in [9.17, 15) is 0 Å². The van der Waals surface area contributed by atoms with Crippen LogP contribution in [-0.2, 0) is 0 Å². The van der Waals surface area contributed by atoms with E-state index in [1.54, 1.807) is 24.5 Å². The average molecular weight is 201 g/mol. The van der Waals surface area contributed by atoms with Gasteiger partial charge in [0.15, 0.2) is 5.82 Å². The van der Waals surface area contributed by atoms with E-state index in [0.717, 1.165) is 11.5 Å². The molecule has 0 aliphatic carbocycles. The van der Waals surface area contributed by atoms with Gasteiger partial charge in [-0.1, -0.05) is 0 Å². The Kier molecular flexibility index (Phi) is 2.53. The second-order valence-corrected chi connectivity index (χ2v) is 3.00. The van der Waals surface area contributed by atoms with Crippen LogP contribution in [0.15, 0.2) is 24.5 Å². The lowest BCUT2D eigenvalue weighted by Gasteiger charge is -2.02. The van der Waals surface area contributed by atoms with Crippen LogP contribution >= 0.6 is 0 Å². The van der Waals surface area contributed by atoms with Crippen molar-refractivity contribution in [2.75, 3.05) is 12.4 Å². The summed E-state index contributed by atoms with van der Waals surface area (Å²) in [5.41, 5.74) is 0.736. The van der Waals surface area contributed by atoms with Gasteiger partial charge >= 0.3 is 0 Å². The number of hydrogen-bond donors (Lipinski definition) is 1. The minimum atomic E-state index is 0.604. The monoisotopic (exact) mass is 201 g/mol. The zero-order valence-electron chi connectivity index (χ0n) is 8.60. The molecule has 1 N–H and O–H groups in total. The Morgan fingerprint density at radius 2 is 1.87 bits per heavy atom. The molecule has 2 rings (SSSR count). The van der Waals surface area contributed by atoms with Gasteiger partial charge in [-0.3, -0.25) is 0 Å². The zero-order valence-corrected chi connectivity index (χ0v) is 8.60. The highest BCUT2D eigenvalue weighted by molar-refractivity contribution is 5.51. The van der Waals surface area contributed by atoms with Gasteiger partial charge in [-0.2, -0.15) is 0 Å². The van der Waals surface area contributed by atoms with Gasteiger partial charge in [0.05, 0.1) is 0 Å². The summed E-state index contributed by atoms with van der Waals surface area (Å²) in [4.78, 5) is 16.7. The van der Waals surface area contributed by atoms with Gasteiger partial charge in [0, 0.05) is 19.4 Å². The molecule has 76 valence electrons. The molecular weight excluding hydrogens is 190 g/mol. The fraction of sp³-hybridized carbons (Fsp3) is 0.200. The first-order chi connectivity index (χ1) is 7.29. The Morgan fingerprint density at radius 3 is 2.60 bits per heavy atom. The molecule has 5 heteroatoms. The summed E-state index contributed by atoms with van der Waals surface area (Å²) in [6.45, 7) is 1.84. The van der Waals surface area contributed by atoms with Crippen LogP contribution in [0.25, 0.3) is 11.5 Å². The summed E-state index contributed by atoms with van der Waals surface area (Å²) in [6.07, 6.45) is 3.40. The lowest BCUT2D eigenvalue weighted by molar-refractivity contribution is 1.03. The molecular formula is C10H11N5. The van der Waals surface area contributed by atoms with Crippen molar-refractivity contribution >= 4 is 5.82 Å². The Morgan fingerprint density at radius 1 is 1.07 bits per heavy atom. The number of aryl methyl sites for hydroxylation is 1. The normalized spacial score (nSPS) is 10.0. The summed E-state index contributed by atoms with van der Waals surface area (Å²) in [5, 5.41) is 2.96. The van der Waals surface area contributed by atoms with E-state index in [2.05, 4.69) is 25.3 Å². The van der Waals surface area contributed by atoms with Gasteiger partial charge in [-0.05, 0) is 19.1 Å². The Bertz CT molecular complexity index is 469. The summed E-state index contributed by atoms with van der Waals surface area (Å²) >= 11 is 0. The molecule has 0 aliphatic rings. The van der Waals surface area contributed by atoms with Gasteiger partial charge in [0.1, 0.15) is 17.3 Å². The zero-order chi connectivity index (χ0) is 10.7. The molecule has 0 aliphatic heterocycles. The van der Waals surface area contributed by atoms with Crippen LogP contribution in [0.4, 0.5) is 5.82 Å². The molecule has 0 atom stereocenters. The van der Waals surface area contributed by atoms with Gasteiger partial charge < -0.3 is 5.32 Å². The Balaban J connectivity index is 2.44. The molecule has 0 spiro atoms. The van der Waals surface area contributed by atoms with Crippen molar-refractivity contribution in [3.63, 3.8) is 0 Å². The van der Waals surface area contributed by atoms with Crippen LogP contribution in [0, 0.1) is 6.92 Å². The van der Waals surface area contributed by atoms with Gasteiger partial charge in [-0.25, -0.2) is 19.9 Å². The second-order valence-electron chi connectivity index (χ2n) is 3.00. The van der Waals surface area contributed by atoms with Crippen molar-refractivity contribution in [1.82, 2.24) is 19.9 Å². The van der Waals surface area contributed by atoms with Crippen LogP contribution in [0.3, 0.4) is 0 Å². The highest BCUT2D eigenvalue weighted by Crippen LogP contribution is 2.12. The van der Waals surface area contributed by atoms with E-state index in [0.29, 0.717) is 11.6 Å². The van der Waals surface area contributed by atoms with Crippen LogP contribution in [0.2, 0.25) is 0 Å². The molecule has 15 heavy (non-hydrogen) atoms. The summed E-state index contributed by atoms with van der Waals surface area (Å²) < 4.78 is 0. The first kappa shape index (κ1) is 9.51. The van der Waals surface area contributed by atoms with Crippen molar-refractivity contribution in [3.8, 4) is 11.5 Å². The number of anilines is 1. The average Bonchev–Trinajstić information content (AvgIpc) is 2.29. The molecule has 5 nitrogen and oxygen atoms in total. The molecule has 0 unspecified atom stereocenters. The maximum absolute atomic E-state index is 4.29. The smallest absolute Gasteiger partial charge is 0.180 e. The number of aromatic nitrogens is 4. The number of nitrogens with one attached hydrogen (secondary N) is 1. The van der Waals surface area contributed by atoms with Crippen molar-refractivity contribution in [1.29, 1.82) is 0 Å². The Hall–Kier alpha value is -2.04. The van der Waals surface area contributed by atoms with E-state index in [-0.39, 0.29) is 0 Å². The van der Waals surface area contributed by atoms with Crippen molar-refractivity contribution in [2.24, 2.45) is 0 Å². The molecule has 2 aromatic rings. The number of hydrogen-bond acceptors (Lipinski definition) is 5. The molecule has 2 heterocycles. The minimum absolute atomic E-state index is 0.604. The lowest BCUT2D eigenvalue weighted by atomic mass is 10.3. The summed E-state index contributed by atoms with van der Waals surface area (Å²) in [6, 6.07) is 3.60. The highest BCUT2D eigenvalue weighted by atomic mass is 15.0. The first-order valence-corrected chi connectivity index (χ1v) is 4.60. The molecule has 0 radical (unpaired) electrons. The number of nitrogens with zero attached hydrogens (tertiary/aromatic N) is 4. The lowest BCUT2D eigenvalue weighted by Crippen LogP contribution is -1.98. The van der Waals surface area contributed by atoms with Crippen LogP contribution in [-0.4, -0.2) is 27.0 Å². The first-order valence-electron chi connectivity index (χ1n) is 4.60. The largest absolute Gasteiger partial charge is 0.373 e. The molecule has 0 saturated carbocycles. The molecule has 0 fully saturated rings. The quantitative estimate of drug-likeness (QED) is 0.793. The molecule has 0 amide bonds. The second kappa shape index (κ2) is 4.00. The summed E-state index contributed by atoms with van der Waals surface area (Å²) in [5.74, 6) is 2.09. The van der Waals surface area contributed by atoms with E-state index in [1.165, 1.54) is 0 Å². The maximum atomic E-state index is 4.29. The molecule has 0 saturated heterocycles. The van der Waals surface area contributed by atoms with E-state index < -0.39 is 0 Å². The maximum Gasteiger partial charge on any atom is 0.180 e. The third kappa shape index (κ3) is 2.07. The van der Waals surface area contributed by atoms with Gasteiger partial charge in [0.25, 0.3) is 0 Å². The predicted molar refractivity (Wildman–Crippen MR) is 57.3 cm³/mol. The fourth-order valence-electron chi connectivity index (χ4n) is 1.20. The van der Waals surface area contributed by atoms with Crippen molar-refractivity contribution < 1.29 is 0 Å². The van der Waals surface area contributed by atoms with Crippen LogP contribution < -0.4 is 5.32 Å².